The second-order valence-corrected chi connectivity index (χ2v) is 9.29. The molecular formula is C21H26N2O3S2. The van der Waals surface area contributed by atoms with Gasteiger partial charge >= 0.3 is 5.97 Å². The first-order valence-electron chi connectivity index (χ1n) is 9.62. The van der Waals surface area contributed by atoms with E-state index in [4.69, 9.17) is 4.74 Å². The zero-order chi connectivity index (χ0) is 19.9. The highest BCUT2D eigenvalue weighted by molar-refractivity contribution is 8.00. The third-order valence-electron chi connectivity index (χ3n) is 4.98. The smallest absolute Gasteiger partial charge is 0.338 e. The number of thiazole rings is 1. The summed E-state index contributed by atoms with van der Waals surface area (Å²) in [6, 6.07) is 7.55. The summed E-state index contributed by atoms with van der Waals surface area (Å²) >= 11 is 3.19. The van der Waals surface area contributed by atoms with Gasteiger partial charge < -0.3 is 10.1 Å². The van der Waals surface area contributed by atoms with Gasteiger partial charge in [-0.1, -0.05) is 49.7 Å². The van der Waals surface area contributed by atoms with E-state index in [9.17, 15) is 9.59 Å². The number of benzene rings is 1. The third kappa shape index (κ3) is 5.82. The number of rotatable bonds is 7. The van der Waals surface area contributed by atoms with Crippen LogP contribution in [0, 0.1) is 12.8 Å². The molecule has 1 aromatic carbocycles. The van der Waals surface area contributed by atoms with E-state index >= 15 is 0 Å². The SMILES string of the molecule is Cc1csc(SCc2ccccc2C(=O)OCC(=O)N[C@H]2CCCC[C@@H]2C)n1. The lowest BCUT2D eigenvalue weighted by Crippen LogP contribution is -2.42. The lowest BCUT2D eigenvalue weighted by molar-refractivity contribution is -0.125. The monoisotopic (exact) mass is 418 g/mol. The minimum absolute atomic E-state index is 0.186. The van der Waals surface area contributed by atoms with Gasteiger partial charge in [0.05, 0.1) is 5.56 Å². The summed E-state index contributed by atoms with van der Waals surface area (Å²) in [5, 5.41) is 5.02. The normalized spacial score (nSPS) is 19.2. The number of aromatic nitrogens is 1. The number of carbonyl (C=O) groups is 2. The predicted octanol–water partition coefficient (Wildman–Crippen LogP) is 4.60. The molecule has 0 spiro atoms. The molecule has 1 aliphatic carbocycles. The summed E-state index contributed by atoms with van der Waals surface area (Å²) in [6.07, 6.45) is 4.49. The maximum absolute atomic E-state index is 12.5. The van der Waals surface area contributed by atoms with Gasteiger partial charge in [0, 0.05) is 22.9 Å². The molecule has 0 saturated heterocycles. The van der Waals surface area contributed by atoms with Crippen LogP contribution in [0.1, 0.15) is 54.2 Å². The summed E-state index contributed by atoms with van der Waals surface area (Å²) in [5.41, 5.74) is 2.38. The van der Waals surface area contributed by atoms with Crippen LogP contribution < -0.4 is 5.32 Å². The quantitative estimate of drug-likeness (QED) is 0.526. The standard InChI is InChI=1S/C21H26N2O3S2/c1-14-7-3-6-10-18(14)23-19(24)11-26-20(25)17-9-5-4-8-16(17)13-28-21-22-15(2)12-27-21/h4-5,8-9,12,14,18H,3,6-7,10-11,13H2,1-2H3,(H,23,24)/t14-,18-/m0/s1. The van der Waals surface area contributed by atoms with Gasteiger partial charge in [-0.15, -0.1) is 11.3 Å². The van der Waals surface area contributed by atoms with Crippen LogP contribution in [0.4, 0.5) is 0 Å². The van der Waals surface area contributed by atoms with Gasteiger partial charge in [-0.2, -0.15) is 0 Å². The Kier molecular flexibility index (Phi) is 7.50. The highest BCUT2D eigenvalue weighted by atomic mass is 32.2. The Bertz CT molecular complexity index is 821. The van der Waals surface area contributed by atoms with Crippen LogP contribution in [0.2, 0.25) is 0 Å². The highest BCUT2D eigenvalue weighted by Crippen LogP contribution is 2.27. The predicted molar refractivity (Wildman–Crippen MR) is 113 cm³/mol. The fourth-order valence-corrected chi connectivity index (χ4v) is 5.22. The van der Waals surface area contributed by atoms with Gasteiger partial charge in [-0.25, -0.2) is 9.78 Å². The van der Waals surface area contributed by atoms with Crippen molar-refractivity contribution in [2.24, 2.45) is 5.92 Å². The number of esters is 1. The Labute approximate surface area is 174 Å². The second-order valence-electron chi connectivity index (χ2n) is 7.21. The molecule has 1 heterocycles. The topological polar surface area (TPSA) is 68.3 Å². The first-order valence-corrected chi connectivity index (χ1v) is 11.5. The summed E-state index contributed by atoms with van der Waals surface area (Å²) < 4.78 is 6.26. The molecule has 1 aromatic heterocycles. The van der Waals surface area contributed by atoms with Crippen molar-refractivity contribution < 1.29 is 14.3 Å². The molecular weight excluding hydrogens is 392 g/mol. The van der Waals surface area contributed by atoms with Crippen LogP contribution in [0.25, 0.3) is 0 Å². The highest BCUT2D eigenvalue weighted by Gasteiger charge is 2.23. The molecule has 2 atom stereocenters. The third-order valence-corrected chi connectivity index (χ3v) is 7.17. The molecule has 5 nitrogen and oxygen atoms in total. The maximum atomic E-state index is 12.5. The Balaban J connectivity index is 1.53. The fourth-order valence-electron chi connectivity index (χ4n) is 3.37. The molecule has 7 heteroatoms. The van der Waals surface area contributed by atoms with Crippen LogP contribution >= 0.6 is 23.1 Å². The van der Waals surface area contributed by atoms with E-state index in [-0.39, 0.29) is 18.6 Å². The van der Waals surface area contributed by atoms with E-state index in [0.717, 1.165) is 34.9 Å². The summed E-state index contributed by atoms with van der Waals surface area (Å²) in [4.78, 5) is 29.1. The van der Waals surface area contributed by atoms with Gasteiger partial charge in [0.2, 0.25) is 0 Å². The van der Waals surface area contributed by atoms with Crippen molar-refractivity contribution in [1.29, 1.82) is 0 Å². The summed E-state index contributed by atoms with van der Waals surface area (Å²) in [5.74, 6) is 0.417. The first kappa shape index (κ1) is 20.9. The largest absolute Gasteiger partial charge is 0.452 e. The molecule has 2 aromatic rings. The molecule has 0 aliphatic heterocycles. The number of hydrogen-bond donors (Lipinski definition) is 1. The van der Waals surface area contributed by atoms with Crippen molar-refractivity contribution >= 4 is 35.0 Å². The van der Waals surface area contributed by atoms with E-state index in [2.05, 4.69) is 17.2 Å². The van der Waals surface area contributed by atoms with E-state index in [1.54, 1.807) is 29.2 Å². The van der Waals surface area contributed by atoms with Gasteiger partial charge in [0.25, 0.3) is 5.91 Å². The number of ether oxygens (including phenoxy) is 1. The molecule has 1 saturated carbocycles. The van der Waals surface area contributed by atoms with Crippen molar-refractivity contribution in [2.75, 3.05) is 6.61 Å². The van der Waals surface area contributed by atoms with Crippen molar-refractivity contribution in [3.63, 3.8) is 0 Å². The summed E-state index contributed by atoms with van der Waals surface area (Å²) in [7, 11) is 0. The lowest BCUT2D eigenvalue weighted by atomic mass is 9.86. The Morgan fingerprint density at radius 1 is 1.29 bits per heavy atom. The molecule has 1 amide bonds. The van der Waals surface area contributed by atoms with E-state index in [0.29, 0.717) is 17.2 Å². The molecule has 0 bridgehead atoms. The minimum atomic E-state index is -0.460. The van der Waals surface area contributed by atoms with Crippen molar-refractivity contribution in [3.8, 4) is 0 Å². The second kappa shape index (κ2) is 10.1. The number of thioether (sulfide) groups is 1. The van der Waals surface area contributed by atoms with Gasteiger partial charge in [-0.3, -0.25) is 4.79 Å². The van der Waals surface area contributed by atoms with Crippen LogP contribution in [0.5, 0.6) is 0 Å². The molecule has 0 radical (unpaired) electrons. The van der Waals surface area contributed by atoms with E-state index < -0.39 is 5.97 Å². The Hall–Kier alpha value is -1.86. The molecule has 0 unspecified atom stereocenters. The molecule has 1 N–H and O–H groups in total. The fraction of sp³-hybridized carbons (Fsp3) is 0.476. The Morgan fingerprint density at radius 2 is 2.07 bits per heavy atom. The Morgan fingerprint density at radius 3 is 2.82 bits per heavy atom. The number of nitrogens with one attached hydrogen (secondary N) is 1. The van der Waals surface area contributed by atoms with Crippen LogP contribution in [0.15, 0.2) is 34.0 Å². The lowest BCUT2D eigenvalue weighted by Gasteiger charge is -2.29. The zero-order valence-electron chi connectivity index (χ0n) is 16.3. The first-order chi connectivity index (χ1) is 13.5. The maximum Gasteiger partial charge on any atom is 0.338 e. The van der Waals surface area contributed by atoms with Gasteiger partial charge in [0.15, 0.2) is 6.61 Å². The molecule has 1 aliphatic rings. The zero-order valence-corrected chi connectivity index (χ0v) is 17.9. The van der Waals surface area contributed by atoms with Crippen molar-refractivity contribution in [2.45, 2.75) is 55.7 Å². The molecule has 28 heavy (non-hydrogen) atoms. The average Bonchev–Trinajstić information content (AvgIpc) is 3.12. The number of amides is 1. The number of hydrogen-bond acceptors (Lipinski definition) is 6. The molecule has 150 valence electrons. The molecule has 1 fully saturated rings. The minimum Gasteiger partial charge on any atom is -0.452 e. The van der Waals surface area contributed by atoms with Crippen LogP contribution in [-0.4, -0.2) is 29.5 Å². The number of carbonyl (C=O) groups excluding carboxylic acids is 2. The summed E-state index contributed by atoms with van der Waals surface area (Å²) in [6.45, 7) is 3.88. The van der Waals surface area contributed by atoms with Crippen molar-refractivity contribution in [3.05, 3.63) is 46.5 Å². The van der Waals surface area contributed by atoms with Gasteiger partial charge in [0.1, 0.15) is 4.34 Å². The number of aryl methyl sites for hydroxylation is 1. The van der Waals surface area contributed by atoms with Gasteiger partial charge in [-0.05, 0) is 37.3 Å². The average molecular weight is 419 g/mol. The van der Waals surface area contributed by atoms with E-state index in [1.165, 1.54) is 6.42 Å². The molecule has 3 rings (SSSR count). The van der Waals surface area contributed by atoms with Crippen LogP contribution in [0.3, 0.4) is 0 Å². The van der Waals surface area contributed by atoms with Crippen molar-refractivity contribution in [1.82, 2.24) is 10.3 Å². The van der Waals surface area contributed by atoms with Crippen LogP contribution in [-0.2, 0) is 15.3 Å². The number of nitrogens with zero attached hydrogens (tertiary/aromatic N) is 1. The van der Waals surface area contributed by atoms with E-state index in [1.807, 2.05) is 30.5 Å².